The molecule has 0 aliphatic carbocycles. The number of thioether (sulfide) groups is 1. The SMILES string of the molecule is CCSc1nnc(NC(=O)CCc2csc(NC(=O)c3ccc(Cl)cc3)n2)s1. The molecule has 0 aliphatic rings. The van der Waals surface area contributed by atoms with Crippen LogP contribution >= 0.6 is 46.0 Å². The molecule has 0 atom stereocenters. The van der Waals surface area contributed by atoms with Crippen LogP contribution in [0.15, 0.2) is 34.0 Å². The number of anilines is 2. The van der Waals surface area contributed by atoms with E-state index in [1.165, 1.54) is 22.7 Å². The molecule has 7 nitrogen and oxygen atoms in total. The Bertz CT molecular complexity index is 958. The van der Waals surface area contributed by atoms with Gasteiger partial charge in [-0.2, -0.15) is 0 Å². The van der Waals surface area contributed by atoms with Crippen LogP contribution < -0.4 is 10.6 Å². The molecule has 0 spiro atoms. The third-order valence-corrected chi connectivity index (χ3v) is 6.32. The van der Waals surface area contributed by atoms with E-state index in [0.29, 0.717) is 27.3 Å². The van der Waals surface area contributed by atoms with Gasteiger partial charge in [0.25, 0.3) is 5.91 Å². The second kappa shape index (κ2) is 9.97. The number of amides is 2. The van der Waals surface area contributed by atoms with Gasteiger partial charge in [-0.3, -0.25) is 14.9 Å². The second-order valence-corrected chi connectivity index (χ2v) is 9.24. The maximum absolute atomic E-state index is 12.2. The maximum atomic E-state index is 12.2. The van der Waals surface area contributed by atoms with Crippen molar-refractivity contribution in [3.8, 4) is 0 Å². The minimum atomic E-state index is -0.257. The molecule has 0 saturated carbocycles. The van der Waals surface area contributed by atoms with E-state index in [0.717, 1.165) is 15.8 Å². The van der Waals surface area contributed by atoms with E-state index >= 15 is 0 Å². The number of hydrogen-bond donors (Lipinski definition) is 2. The number of carbonyl (C=O) groups is 2. The number of aryl methyl sites for hydroxylation is 1. The fourth-order valence-corrected chi connectivity index (χ4v) is 4.65. The summed E-state index contributed by atoms with van der Waals surface area (Å²) in [5.74, 6) is 0.500. The highest BCUT2D eigenvalue weighted by atomic mass is 35.5. The van der Waals surface area contributed by atoms with Crippen molar-refractivity contribution in [2.24, 2.45) is 0 Å². The molecule has 0 unspecified atom stereocenters. The highest BCUT2D eigenvalue weighted by Crippen LogP contribution is 2.25. The minimum Gasteiger partial charge on any atom is -0.300 e. The maximum Gasteiger partial charge on any atom is 0.257 e. The van der Waals surface area contributed by atoms with Gasteiger partial charge < -0.3 is 5.32 Å². The average Bonchev–Trinajstić information content (AvgIpc) is 3.30. The number of thiazole rings is 1. The topological polar surface area (TPSA) is 96.9 Å². The number of hydrogen-bond acceptors (Lipinski definition) is 8. The first kappa shape index (κ1) is 20.7. The number of carbonyl (C=O) groups excluding carboxylic acids is 2. The summed E-state index contributed by atoms with van der Waals surface area (Å²) in [4.78, 5) is 28.6. The Morgan fingerprint density at radius 1 is 1.14 bits per heavy atom. The van der Waals surface area contributed by atoms with Crippen LogP contribution in [0.4, 0.5) is 10.3 Å². The molecule has 2 amide bonds. The Morgan fingerprint density at radius 2 is 1.93 bits per heavy atom. The lowest BCUT2D eigenvalue weighted by Crippen LogP contribution is -2.13. The predicted molar refractivity (Wildman–Crippen MR) is 115 cm³/mol. The van der Waals surface area contributed by atoms with Gasteiger partial charge in [0.2, 0.25) is 11.0 Å². The largest absolute Gasteiger partial charge is 0.300 e. The number of nitrogens with one attached hydrogen (secondary N) is 2. The zero-order chi connectivity index (χ0) is 19.9. The molecule has 0 saturated heterocycles. The molecule has 3 rings (SSSR count). The van der Waals surface area contributed by atoms with Gasteiger partial charge in [0.05, 0.1) is 5.69 Å². The van der Waals surface area contributed by atoms with E-state index < -0.39 is 0 Å². The Kier molecular flexibility index (Phi) is 7.37. The molecule has 2 N–H and O–H groups in total. The van der Waals surface area contributed by atoms with Crippen molar-refractivity contribution >= 4 is 68.1 Å². The summed E-state index contributed by atoms with van der Waals surface area (Å²) in [5.41, 5.74) is 1.24. The van der Waals surface area contributed by atoms with Crippen molar-refractivity contribution in [1.29, 1.82) is 0 Å². The highest BCUT2D eigenvalue weighted by molar-refractivity contribution is 8.01. The molecule has 2 aromatic heterocycles. The van der Waals surface area contributed by atoms with Crippen molar-refractivity contribution in [2.45, 2.75) is 24.1 Å². The van der Waals surface area contributed by atoms with E-state index in [-0.39, 0.29) is 18.2 Å². The second-order valence-electron chi connectivity index (χ2n) is 5.46. The monoisotopic (exact) mass is 453 g/mol. The summed E-state index contributed by atoms with van der Waals surface area (Å²) in [7, 11) is 0. The van der Waals surface area contributed by atoms with Crippen molar-refractivity contribution in [3.05, 3.63) is 45.9 Å². The number of nitrogens with zero attached hydrogens (tertiary/aromatic N) is 3. The number of aromatic nitrogens is 3. The lowest BCUT2D eigenvalue weighted by molar-refractivity contribution is -0.116. The first-order chi connectivity index (χ1) is 13.5. The third-order valence-electron chi connectivity index (χ3n) is 3.41. The van der Waals surface area contributed by atoms with Gasteiger partial charge in [-0.25, -0.2) is 4.98 Å². The Balaban J connectivity index is 1.48. The molecule has 0 bridgehead atoms. The minimum absolute atomic E-state index is 0.149. The van der Waals surface area contributed by atoms with Crippen molar-refractivity contribution in [2.75, 3.05) is 16.4 Å². The van der Waals surface area contributed by atoms with Gasteiger partial charge in [0.15, 0.2) is 9.47 Å². The van der Waals surface area contributed by atoms with Crippen LogP contribution in [-0.2, 0) is 11.2 Å². The van der Waals surface area contributed by atoms with Crippen LogP contribution in [0.3, 0.4) is 0 Å². The summed E-state index contributed by atoms with van der Waals surface area (Å²) < 4.78 is 0.832. The van der Waals surface area contributed by atoms with Crippen LogP contribution in [0.5, 0.6) is 0 Å². The number of halogens is 1. The van der Waals surface area contributed by atoms with E-state index in [9.17, 15) is 9.59 Å². The molecule has 0 aliphatic heterocycles. The van der Waals surface area contributed by atoms with Gasteiger partial charge in [-0.05, 0) is 36.4 Å². The summed E-state index contributed by atoms with van der Waals surface area (Å²) in [5, 5.41) is 16.8. The van der Waals surface area contributed by atoms with Gasteiger partial charge >= 0.3 is 0 Å². The first-order valence-corrected chi connectivity index (χ1v) is 11.4. The van der Waals surface area contributed by atoms with Crippen LogP contribution in [0.25, 0.3) is 0 Å². The molecule has 1 aromatic carbocycles. The van der Waals surface area contributed by atoms with E-state index in [1.54, 1.807) is 36.0 Å². The molecule has 11 heteroatoms. The Morgan fingerprint density at radius 3 is 2.68 bits per heavy atom. The molecule has 3 aromatic rings. The summed E-state index contributed by atoms with van der Waals surface area (Å²) in [6.45, 7) is 2.03. The van der Waals surface area contributed by atoms with Gasteiger partial charge in [-0.15, -0.1) is 21.5 Å². The summed E-state index contributed by atoms with van der Waals surface area (Å²) in [6.07, 6.45) is 0.735. The highest BCUT2D eigenvalue weighted by Gasteiger charge is 2.12. The molecular weight excluding hydrogens is 438 g/mol. The predicted octanol–water partition coefficient (Wildman–Crippen LogP) is 4.58. The lowest BCUT2D eigenvalue weighted by Gasteiger charge is -2.02. The van der Waals surface area contributed by atoms with Gasteiger partial charge in [0, 0.05) is 22.4 Å². The van der Waals surface area contributed by atoms with Crippen LogP contribution in [0.1, 0.15) is 29.4 Å². The molecule has 0 fully saturated rings. The molecule has 2 heterocycles. The summed E-state index contributed by atoms with van der Waals surface area (Å²) in [6, 6.07) is 6.61. The quantitative estimate of drug-likeness (QED) is 0.382. The van der Waals surface area contributed by atoms with Gasteiger partial charge in [-0.1, -0.05) is 41.6 Å². The zero-order valence-corrected chi connectivity index (χ0v) is 18.0. The zero-order valence-electron chi connectivity index (χ0n) is 14.8. The van der Waals surface area contributed by atoms with Crippen LogP contribution in [-0.4, -0.2) is 32.7 Å². The van der Waals surface area contributed by atoms with Crippen molar-refractivity contribution < 1.29 is 9.59 Å². The van der Waals surface area contributed by atoms with Crippen LogP contribution in [0, 0.1) is 0 Å². The first-order valence-electron chi connectivity index (χ1n) is 8.31. The Labute approximate surface area is 178 Å². The Hall–Kier alpha value is -2.01. The molecule has 146 valence electrons. The van der Waals surface area contributed by atoms with Crippen LogP contribution in [0.2, 0.25) is 5.02 Å². The van der Waals surface area contributed by atoms with Crippen molar-refractivity contribution in [3.63, 3.8) is 0 Å². The average molecular weight is 454 g/mol. The van der Waals surface area contributed by atoms with Crippen molar-refractivity contribution in [1.82, 2.24) is 15.2 Å². The lowest BCUT2D eigenvalue weighted by atomic mass is 10.2. The third kappa shape index (κ3) is 5.99. The van der Waals surface area contributed by atoms with E-state index in [1.807, 2.05) is 12.3 Å². The summed E-state index contributed by atoms with van der Waals surface area (Å²) >= 11 is 10.1. The number of benzene rings is 1. The smallest absolute Gasteiger partial charge is 0.257 e. The molecular formula is C17H16ClN5O2S3. The van der Waals surface area contributed by atoms with E-state index in [4.69, 9.17) is 11.6 Å². The normalized spacial score (nSPS) is 10.6. The van der Waals surface area contributed by atoms with Gasteiger partial charge in [0.1, 0.15) is 0 Å². The van der Waals surface area contributed by atoms with E-state index in [2.05, 4.69) is 25.8 Å². The molecule has 0 radical (unpaired) electrons. The number of rotatable bonds is 8. The fourth-order valence-electron chi connectivity index (χ4n) is 2.12. The standard InChI is InChI=1S/C17H16ClN5O2S3/c1-2-26-17-23-22-16(28-17)20-13(24)8-7-12-9-27-15(19-12)21-14(25)10-3-5-11(18)6-4-10/h3-6,9H,2,7-8H2,1H3,(H,19,21,25)(H,20,22,24). The fraction of sp³-hybridized carbons (Fsp3) is 0.235. The molecule has 28 heavy (non-hydrogen) atoms.